The van der Waals surface area contributed by atoms with Crippen LogP contribution in [-0.2, 0) is 9.53 Å². The maximum atomic E-state index is 11.9. The van der Waals surface area contributed by atoms with Crippen molar-refractivity contribution in [2.75, 3.05) is 36.9 Å². The second-order valence-electron chi connectivity index (χ2n) is 4.08. The van der Waals surface area contributed by atoms with Crippen molar-refractivity contribution in [1.29, 1.82) is 0 Å². The van der Waals surface area contributed by atoms with Gasteiger partial charge in [0.2, 0.25) is 5.95 Å². The summed E-state index contributed by atoms with van der Waals surface area (Å²) in [6.45, 7) is 3.90. The molecule has 2 rings (SSSR count). The minimum atomic E-state index is -0.466. The highest BCUT2D eigenvalue weighted by molar-refractivity contribution is 6.29. The quantitative estimate of drug-likeness (QED) is 0.599. The van der Waals surface area contributed by atoms with Gasteiger partial charge in [-0.25, -0.2) is 9.78 Å². The van der Waals surface area contributed by atoms with Crippen LogP contribution in [0.3, 0.4) is 0 Å². The number of aromatic nitrogens is 2. The van der Waals surface area contributed by atoms with Gasteiger partial charge in [0.1, 0.15) is 17.0 Å². The number of piperazine rings is 1. The highest BCUT2D eigenvalue weighted by atomic mass is 35.5. The van der Waals surface area contributed by atoms with Crippen molar-refractivity contribution < 1.29 is 9.53 Å². The number of hydrogen-bond acceptors (Lipinski definition) is 7. The number of anilines is 2. The van der Waals surface area contributed by atoms with Gasteiger partial charge >= 0.3 is 5.97 Å². The Hall–Kier alpha value is -1.60. The maximum absolute atomic E-state index is 11.9. The molecular formula is C11H16ClN5O2. The molecule has 1 fully saturated rings. The predicted molar refractivity (Wildman–Crippen MR) is 72.1 cm³/mol. The molecule has 3 N–H and O–H groups in total. The number of nitrogens with two attached hydrogens (primary N) is 1. The average Bonchev–Trinajstić information content (AvgIpc) is 2.38. The van der Waals surface area contributed by atoms with Crippen molar-refractivity contribution in [3.8, 4) is 0 Å². The van der Waals surface area contributed by atoms with E-state index in [-0.39, 0.29) is 16.9 Å². The lowest BCUT2D eigenvalue weighted by atomic mass is 10.2. The van der Waals surface area contributed by atoms with E-state index < -0.39 is 6.04 Å². The normalized spacial score (nSPS) is 19.3. The fraction of sp³-hybridized carbons (Fsp3) is 0.545. The zero-order valence-corrected chi connectivity index (χ0v) is 11.4. The smallest absolute Gasteiger partial charge is 0.330 e. The van der Waals surface area contributed by atoms with Gasteiger partial charge in [0.25, 0.3) is 0 Å². The molecule has 0 aliphatic carbocycles. The molecule has 1 atom stereocenters. The minimum Gasteiger partial charge on any atom is -0.464 e. The summed E-state index contributed by atoms with van der Waals surface area (Å²) in [7, 11) is 0. The minimum absolute atomic E-state index is 0.253. The molecule has 0 radical (unpaired) electrons. The number of halogens is 1. The summed E-state index contributed by atoms with van der Waals surface area (Å²) in [5.41, 5.74) is 5.65. The van der Waals surface area contributed by atoms with Gasteiger partial charge in [0.05, 0.1) is 6.61 Å². The van der Waals surface area contributed by atoms with Crippen molar-refractivity contribution in [3.05, 3.63) is 11.2 Å². The molecule has 1 aromatic heterocycles. The Morgan fingerprint density at radius 1 is 1.68 bits per heavy atom. The van der Waals surface area contributed by atoms with E-state index in [9.17, 15) is 4.79 Å². The monoisotopic (exact) mass is 285 g/mol. The fourth-order valence-corrected chi connectivity index (χ4v) is 2.13. The van der Waals surface area contributed by atoms with Crippen molar-refractivity contribution in [1.82, 2.24) is 15.3 Å². The number of rotatable bonds is 3. The van der Waals surface area contributed by atoms with E-state index in [2.05, 4.69) is 15.3 Å². The van der Waals surface area contributed by atoms with Crippen LogP contribution in [0.25, 0.3) is 0 Å². The molecule has 0 aromatic carbocycles. The Bertz CT molecular complexity index is 450. The third-order valence-electron chi connectivity index (χ3n) is 2.76. The molecule has 1 aliphatic heterocycles. The van der Waals surface area contributed by atoms with Crippen LogP contribution in [0.4, 0.5) is 11.8 Å². The first-order valence-electron chi connectivity index (χ1n) is 6.06. The first-order chi connectivity index (χ1) is 9.11. The Balaban J connectivity index is 2.25. The number of esters is 1. The predicted octanol–water partition coefficient (Wildman–Crippen LogP) is 0.0535. The molecule has 1 aromatic rings. The van der Waals surface area contributed by atoms with Crippen LogP contribution < -0.4 is 16.0 Å². The van der Waals surface area contributed by atoms with Crippen molar-refractivity contribution in [2.24, 2.45) is 0 Å². The van der Waals surface area contributed by atoms with E-state index in [1.165, 1.54) is 6.07 Å². The molecule has 2 heterocycles. The molecule has 19 heavy (non-hydrogen) atoms. The molecule has 0 amide bonds. The van der Waals surface area contributed by atoms with Gasteiger partial charge in [-0.15, -0.1) is 0 Å². The van der Waals surface area contributed by atoms with Crippen molar-refractivity contribution in [3.63, 3.8) is 0 Å². The first kappa shape index (κ1) is 13.8. The van der Waals surface area contributed by atoms with E-state index in [1.807, 2.05) is 0 Å². The van der Waals surface area contributed by atoms with Crippen molar-refractivity contribution in [2.45, 2.75) is 13.0 Å². The highest BCUT2D eigenvalue weighted by Crippen LogP contribution is 2.19. The van der Waals surface area contributed by atoms with Crippen LogP contribution in [0.5, 0.6) is 0 Å². The summed E-state index contributed by atoms with van der Waals surface area (Å²) in [5.74, 6) is 0.317. The number of ether oxygens (including phenoxy) is 1. The summed E-state index contributed by atoms with van der Waals surface area (Å²) in [6.07, 6.45) is 0. The lowest BCUT2D eigenvalue weighted by Crippen LogP contribution is -2.56. The molecule has 7 nitrogen and oxygen atoms in total. The van der Waals surface area contributed by atoms with Crippen LogP contribution in [0.1, 0.15) is 6.92 Å². The number of nitrogens with one attached hydrogen (secondary N) is 1. The molecular weight excluding hydrogens is 270 g/mol. The largest absolute Gasteiger partial charge is 0.464 e. The van der Waals surface area contributed by atoms with Gasteiger partial charge in [-0.1, -0.05) is 11.6 Å². The van der Waals surface area contributed by atoms with E-state index in [0.29, 0.717) is 25.6 Å². The van der Waals surface area contributed by atoms with Crippen LogP contribution in [0.2, 0.25) is 5.15 Å². The Kier molecular flexibility index (Phi) is 4.39. The zero-order valence-electron chi connectivity index (χ0n) is 10.6. The van der Waals surface area contributed by atoms with Crippen LogP contribution in [0, 0.1) is 0 Å². The molecule has 1 unspecified atom stereocenters. The van der Waals surface area contributed by atoms with Gasteiger partial charge in [-0.05, 0) is 6.92 Å². The van der Waals surface area contributed by atoms with E-state index in [4.69, 9.17) is 22.1 Å². The lowest BCUT2D eigenvalue weighted by Gasteiger charge is -2.34. The van der Waals surface area contributed by atoms with E-state index >= 15 is 0 Å². The van der Waals surface area contributed by atoms with Gasteiger partial charge in [0, 0.05) is 25.7 Å². The molecule has 1 aliphatic rings. The van der Waals surface area contributed by atoms with Gasteiger partial charge in [-0.2, -0.15) is 4.98 Å². The summed E-state index contributed by atoms with van der Waals surface area (Å²) >= 11 is 5.87. The van der Waals surface area contributed by atoms with Crippen LogP contribution in [0.15, 0.2) is 6.07 Å². The first-order valence-corrected chi connectivity index (χ1v) is 6.43. The zero-order chi connectivity index (χ0) is 13.8. The molecule has 104 valence electrons. The summed E-state index contributed by atoms with van der Waals surface area (Å²) < 4.78 is 5.05. The second kappa shape index (κ2) is 6.03. The molecule has 0 spiro atoms. The highest BCUT2D eigenvalue weighted by Gasteiger charge is 2.31. The second-order valence-corrected chi connectivity index (χ2v) is 4.47. The average molecular weight is 286 g/mol. The van der Waals surface area contributed by atoms with Gasteiger partial charge < -0.3 is 20.7 Å². The van der Waals surface area contributed by atoms with Gasteiger partial charge in [0.15, 0.2) is 0 Å². The molecule has 1 saturated heterocycles. The van der Waals surface area contributed by atoms with E-state index in [1.54, 1.807) is 11.8 Å². The number of hydrogen-bond donors (Lipinski definition) is 2. The fourth-order valence-electron chi connectivity index (χ4n) is 1.94. The summed E-state index contributed by atoms with van der Waals surface area (Å²) in [6, 6.07) is 0.999. The van der Waals surface area contributed by atoms with E-state index in [0.717, 1.165) is 6.54 Å². The Morgan fingerprint density at radius 3 is 3.16 bits per heavy atom. The number of nitrogen functional groups attached to an aromatic ring is 1. The topological polar surface area (TPSA) is 93.4 Å². The lowest BCUT2D eigenvalue weighted by molar-refractivity contribution is -0.144. The van der Waals surface area contributed by atoms with Crippen LogP contribution in [-0.4, -0.2) is 48.2 Å². The standard InChI is InChI=1S/C11H16ClN5O2/c1-2-19-10(18)7-6-14-3-4-17(7)11-15-8(12)5-9(13)16-11/h5,7,14H,2-4,6H2,1H3,(H2,13,15,16). The third-order valence-corrected chi connectivity index (χ3v) is 2.96. The maximum Gasteiger partial charge on any atom is 0.330 e. The SMILES string of the molecule is CCOC(=O)C1CNCCN1c1nc(N)cc(Cl)n1. The van der Waals surface area contributed by atoms with Crippen molar-refractivity contribution >= 4 is 29.3 Å². The third kappa shape index (κ3) is 3.24. The molecule has 0 bridgehead atoms. The Morgan fingerprint density at radius 2 is 2.47 bits per heavy atom. The van der Waals surface area contributed by atoms with Crippen LogP contribution >= 0.6 is 11.6 Å². The number of nitrogens with zero attached hydrogens (tertiary/aromatic N) is 3. The summed E-state index contributed by atoms with van der Waals surface area (Å²) in [4.78, 5) is 21.9. The summed E-state index contributed by atoms with van der Waals surface area (Å²) in [5, 5.41) is 3.39. The number of carbonyl (C=O) groups is 1. The van der Waals surface area contributed by atoms with Gasteiger partial charge in [-0.3, -0.25) is 0 Å². The number of carbonyl (C=O) groups excluding carboxylic acids is 1. The molecule has 0 saturated carbocycles. The Labute approximate surface area is 116 Å². The molecule has 8 heteroatoms.